The number of ether oxygens (including phenoxy) is 5. The Balaban J connectivity index is 1.20. The van der Waals surface area contributed by atoms with Gasteiger partial charge in [-0.05, 0) is 74.2 Å². The molecule has 1 aliphatic heterocycles. The standard InChI is InChI=1S/C40H40N2O7/c1-26-20-29-22-27(2)24-33-37(29)48-39(41-33)31-8-4-6-10-35(31)46-18-16-44-14-12-43-13-15-45-17-19-47-36-11-7-5-9-32(36)40-42-34-25-28(3)23-30(21-26)38(34)49-40/h4-11,22-25H,1,12-21H2,2-3H3. The third-order valence-corrected chi connectivity index (χ3v) is 8.25. The highest BCUT2D eigenvalue weighted by Crippen LogP contribution is 2.36. The van der Waals surface area contributed by atoms with E-state index < -0.39 is 0 Å². The summed E-state index contributed by atoms with van der Waals surface area (Å²) in [6, 6.07) is 23.9. The molecule has 0 radical (unpaired) electrons. The third-order valence-electron chi connectivity index (χ3n) is 8.25. The first-order chi connectivity index (χ1) is 24.0. The lowest BCUT2D eigenvalue weighted by atomic mass is 9.97. The van der Waals surface area contributed by atoms with Gasteiger partial charge in [0.15, 0.2) is 11.2 Å². The molecule has 3 heterocycles. The van der Waals surface area contributed by atoms with Crippen LogP contribution in [0.1, 0.15) is 22.3 Å². The smallest absolute Gasteiger partial charge is 0.231 e. The first-order valence-electron chi connectivity index (χ1n) is 16.7. The van der Waals surface area contributed by atoms with Crippen molar-refractivity contribution in [1.29, 1.82) is 0 Å². The molecule has 0 atom stereocenters. The highest BCUT2D eigenvalue weighted by atomic mass is 16.6. The zero-order valence-corrected chi connectivity index (χ0v) is 28.0. The van der Waals surface area contributed by atoms with Crippen molar-refractivity contribution in [3.05, 3.63) is 107 Å². The molecule has 9 heteroatoms. The van der Waals surface area contributed by atoms with E-state index >= 15 is 0 Å². The van der Waals surface area contributed by atoms with Crippen molar-refractivity contribution >= 4 is 22.2 Å². The van der Waals surface area contributed by atoms with E-state index in [0.717, 1.165) is 61.2 Å². The van der Waals surface area contributed by atoms with Gasteiger partial charge in [-0.3, -0.25) is 0 Å². The molecule has 0 N–H and O–H groups in total. The number of para-hydroxylation sites is 2. The van der Waals surface area contributed by atoms with Gasteiger partial charge in [0.05, 0.1) is 50.8 Å². The number of nitrogens with zero attached hydrogens (tertiary/aromatic N) is 2. The predicted molar refractivity (Wildman–Crippen MR) is 188 cm³/mol. The van der Waals surface area contributed by atoms with Crippen LogP contribution in [0.2, 0.25) is 0 Å². The van der Waals surface area contributed by atoms with Gasteiger partial charge < -0.3 is 32.5 Å². The van der Waals surface area contributed by atoms with Crippen LogP contribution in [-0.4, -0.2) is 62.8 Å². The van der Waals surface area contributed by atoms with Crippen LogP contribution >= 0.6 is 0 Å². The van der Waals surface area contributed by atoms with Crippen molar-refractivity contribution in [2.75, 3.05) is 52.9 Å². The minimum Gasteiger partial charge on any atom is -0.490 e. The number of benzene rings is 4. The Morgan fingerprint density at radius 3 is 1.39 bits per heavy atom. The topological polar surface area (TPSA) is 98.2 Å². The second kappa shape index (κ2) is 15.1. The van der Waals surface area contributed by atoms with Crippen LogP contribution in [0, 0.1) is 13.8 Å². The summed E-state index contributed by atoms with van der Waals surface area (Å²) in [5.74, 6) is 2.38. The molecule has 0 saturated carbocycles. The lowest BCUT2D eigenvalue weighted by Gasteiger charge is -2.11. The van der Waals surface area contributed by atoms with Gasteiger partial charge in [-0.2, -0.15) is 0 Å². The Bertz CT molecular complexity index is 1930. The highest BCUT2D eigenvalue weighted by molar-refractivity contribution is 5.83. The molecular weight excluding hydrogens is 620 g/mol. The fourth-order valence-electron chi connectivity index (χ4n) is 6.11. The molecule has 0 spiro atoms. The van der Waals surface area contributed by atoms with Gasteiger partial charge in [0.1, 0.15) is 35.7 Å². The predicted octanol–water partition coefficient (Wildman–Crippen LogP) is 8.08. The second-order valence-electron chi connectivity index (χ2n) is 12.2. The molecule has 2 aromatic heterocycles. The summed E-state index contributed by atoms with van der Waals surface area (Å²) < 4.78 is 42.2. The molecule has 0 saturated heterocycles. The maximum absolute atomic E-state index is 6.46. The van der Waals surface area contributed by atoms with Gasteiger partial charge in [-0.25, -0.2) is 9.97 Å². The van der Waals surface area contributed by atoms with E-state index in [2.05, 4.69) is 32.6 Å². The van der Waals surface area contributed by atoms with Crippen LogP contribution in [0.25, 0.3) is 45.1 Å². The van der Waals surface area contributed by atoms with Gasteiger partial charge >= 0.3 is 0 Å². The Morgan fingerprint density at radius 1 is 0.531 bits per heavy atom. The van der Waals surface area contributed by atoms with Crippen molar-refractivity contribution in [3.8, 4) is 34.4 Å². The Kier molecular flexibility index (Phi) is 10.0. The van der Waals surface area contributed by atoms with E-state index in [9.17, 15) is 0 Å². The summed E-state index contributed by atoms with van der Waals surface area (Å²) in [6.07, 6.45) is 1.22. The van der Waals surface area contributed by atoms with Gasteiger partial charge in [-0.15, -0.1) is 0 Å². The molecule has 0 aliphatic carbocycles. The lowest BCUT2D eigenvalue weighted by Crippen LogP contribution is -2.14. The normalized spacial score (nSPS) is 15.7. The van der Waals surface area contributed by atoms with Crippen LogP contribution in [0.5, 0.6) is 11.5 Å². The zero-order chi connectivity index (χ0) is 33.6. The van der Waals surface area contributed by atoms with Crippen LogP contribution in [0.4, 0.5) is 0 Å². The molecule has 0 unspecified atom stereocenters. The number of allylic oxidation sites excluding steroid dienone is 1. The maximum atomic E-state index is 6.46. The lowest BCUT2D eigenvalue weighted by molar-refractivity contribution is 0.00503. The Morgan fingerprint density at radius 2 is 0.939 bits per heavy atom. The van der Waals surface area contributed by atoms with Crippen LogP contribution in [0.15, 0.2) is 93.8 Å². The summed E-state index contributed by atoms with van der Waals surface area (Å²) >= 11 is 0. The molecule has 4 aromatic carbocycles. The van der Waals surface area contributed by atoms with Crippen molar-refractivity contribution in [1.82, 2.24) is 9.97 Å². The fourth-order valence-corrected chi connectivity index (χ4v) is 6.11. The van der Waals surface area contributed by atoms with Gasteiger partial charge in [0.2, 0.25) is 11.8 Å². The van der Waals surface area contributed by atoms with E-state index in [1.54, 1.807) is 0 Å². The molecule has 6 aromatic rings. The van der Waals surface area contributed by atoms with Crippen molar-refractivity contribution in [2.45, 2.75) is 26.7 Å². The van der Waals surface area contributed by atoms with Crippen molar-refractivity contribution < 1.29 is 32.5 Å². The molecule has 0 fully saturated rings. The number of hydrogen-bond donors (Lipinski definition) is 0. The van der Waals surface area contributed by atoms with Crippen molar-refractivity contribution in [2.24, 2.45) is 0 Å². The monoisotopic (exact) mass is 660 g/mol. The number of hydrogen-bond acceptors (Lipinski definition) is 9. The molecule has 7 rings (SSSR count). The highest BCUT2D eigenvalue weighted by Gasteiger charge is 2.19. The SMILES string of the molecule is C=C1Cc2cc(C)cc3nc(oc23)-c2ccccc2OCCOCCOCCOCCOc2ccccc2-c2nc3cc(C)cc(c3o2)C1. The summed E-state index contributed by atoms with van der Waals surface area (Å²) in [7, 11) is 0. The molecule has 0 amide bonds. The van der Waals surface area contributed by atoms with Crippen molar-refractivity contribution in [3.63, 3.8) is 0 Å². The summed E-state index contributed by atoms with van der Waals surface area (Å²) in [6.45, 7) is 12.1. The largest absolute Gasteiger partial charge is 0.490 e. The average Bonchev–Trinajstić information content (AvgIpc) is 3.72. The third kappa shape index (κ3) is 7.70. The number of aryl methyl sites for hydroxylation is 2. The van der Waals surface area contributed by atoms with E-state index in [1.165, 1.54) is 0 Å². The summed E-state index contributed by atoms with van der Waals surface area (Å²) in [4.78, 5) is 9.77. The van der Waals surface area contributed by atoms with Gasteiger partial charge in [0, 0.05) is 11.1 Å². The molecule has 49 heavy (non-hydrogen) atoms. The number of oxazole rings is 2. The minimum absolute atomic E-state index is 0.382. The molecule has 252 valence electrons. The van der Waals surface area contributed by atoms with E-state index in [4.69, 9.17) is 42.5 Å². The summed E-state index contributed by atoms with van der Waals surface area (Å²) in [5, 5.41) is 0. The number of rotatable bonds is 0. The average molecular weight is 661 g/mol. The fraction of sp³-hybridized carbons (Fsp3) is 0.300. The Hall–Kier alpha value is -4.96. The quantitative estimate of drug-likeness (QED) is 0.150. The Labute approximate surface area is 285 Å². The van der Waals surface area contributed by atoms with Gasteiger partial charge in [0.25, 0.3) is 0 Å². The van der Waals surface area contributed by atoms with E-state index in [-0.39, 0.29) is 0 Å². The molecule has 9 nitrogen and oxygen atoms in total. The minimum atomic E-state index is 0.382. The van der Waals surface area contributed by atoms with Crippen LogP contribution < -0.4 is 9.47 Å². The molecule has 1 aliphatic rings. The maximum Gasteiger partial charge on any atom is 0.231 e. The van der Waals surface area contributed by atoms with E-state index in [1.807, 2.05) is 60.7 Å². The van der Waals surface area contributed by atoms with E-state index in [0.29, 0.717) is 89.0 Å². The van der Waals surface area contributed by atoms with Crippen LogP contribution in [0.3, 0.4) is 0 Å². The first-order valence-corrected chi connectivity index (χ1v) is 16.7. The number of fused-ring (bicyclic) bond motifs is 6. The van der Waals surface area contributed by atoms with Crippen LogP contribution in [-0.2, 0) is 27.1 Å². The second-order valence-corrected chi connectivity index (χ2v) is 12.2. The summed E-state index contributed by atoms with van der Waals surface area (Å²) in [5.41, 5.74) is 9.91. The zero-order valence-electron chi connectivity index (χ0n) is 28.0. The number of aromatic nitrogens is 2. The van der Waals surface area contributed by atoms with Gasteiger partial charge in [-0.1, -0.05) is 48.6 Å². The molecular formula is C40H40N2O7. The molecule has 4 bridgehead atoms. The first kappa shape index (κ1) is 32.6.